The third kappa shape index (κ3) is 6.42. The van der Waals surface area contributed by atoms with Gasteiger partial charge in [-0.1, -0.05) is 12.1 Å². The zero-order valence-electron chi connectivity index (χ0n) is 19.7. The summed E-state index contributed by atoms with van der Waals surface area (Å²) in [5.74, 6) is -2.85. The molecule has 0 bridgehead atoms. The van der Waals surface area contributed by atoms with Gasteiger partial charge in [0.15, 0.2) is 11.6 Å². The quantitative estimate of drug-likeness (QED) is 0.328. The molecule has 1 aliphatic carbocycles. The van der Waals surface area contributed by atoms with Gasteiger partial charge >= 0.3 is 12.0 Å². The number of urea groups is 1. The summed E-state index contributed by atoms with van der Waals surface area (Å²) in [5.41, 5.74) is 0.623. The predicted molar refractivity (Wildman–Crippen MR) is 132 cm³/mol. The van der Waals surface area contributed by atoms with Crippen LogP contribution in [0.15, 0.2) is 42.6 Å². The topological polar surface area (TPSA) is 80.3 Å². The van der Waals surface area contributed by atoms with Crippen molar-refractivity contribution in [3.05, 3.63) is 65.1 Å². The highest BCUT2D eigenvalue weighted by Gasteiger charge is 2.26. The molecule has 1 saturated carbocycles. The molecule has 6 nitrogen and oxygen atoms in total. The van der Waals surface area contributed by atoms with E-state index in [0.717, 1.165) is 41.1 Å². The van der Waals surface area contributed by atoms with E-state index in [-0.39, 0.29) is 5.97 Å². The minimum atomic E-state index is -1.20. The Hall–Kier alpha value is -3.40. The van der Waals surface area contributed by atoms with Crippen LogP contribution in [0.1, 0.15) is 50.0 Å². The van der Waals surface area contributed by atoms with Gasteiger partial charge in [-0.15, -0.1) is 11.3 Å². The fourth-order valence-electron chi connectivity index (χ4n) is 4.33. The first-order valence-corrected chi connectivity index (χ1v) is 12.6. The van der Waals surface area contributed by atoms with Crippen molar-refractivity contribution in [1.29, 1.82) is 0 Å². The molecule has 2 N–H and O–H groups in total. The van der Waals surface area contributed by atoms with Crippen molar-refractivity contribution in [2.75, 3.05) is 17.2 Å². The summed E-state index contributed by atoms with van der Waals surface area (Å²) in [7, 11) is 0. The lowest BCUT2D eigenvalue weighted by Crippen LogP contribution is -2.21. The second-order valence-electron chi connectivity index (χ2n) is 8.69. The van der Waals surface area contributed by atoms with E-state index in [1.807, 2.05) is 25.3 Å². The van der Waals surface area contributed by atoms with E-state index in [9.17, 15) is 22.8 Å². The number of carbonyl (C=O) groups is 2. The Morgan fingerprint density at radius 2 is 1.69 bits per heavy atom. The molecule has 0 spiro atoms. The van der Waals surface area contributed by atoms with Crippen LogP contribution in [-0.2, 0) is 9.53 Å². The number of halogens is 3. The summed E-state index contributed by atoms with van der Waals surface area (Å²) in [6.07, 6.45) is 6.25. The Labute approximate surface area is 210 Å². The molecule has 190 valence electrons. The molecule has 0 aliphatic heterocycles. The number of aromatic nitrogens is 1. The van der Waals surface area contributed by atoms with Gasteiger partial charge in [-0.2, -0.15) is 0 Å². The van der Waals surface area contributed by atoms with E-state index >= 15 is 0 Å². The molecular formula is C26H26F3N3O3S. The number of amides is 2. The highest BCUT2D eigenvalue weighted by atomic mass is 32.1. The third-order valence-corrected chi connectivity index (χ3v) is 7.36. The molecule has 1 aliphatic rings. The maximum Gasteiger partial charge on any atom is 0.323 e. The smallest absolute Gasteiger partial charge is 0.323 e. The van der Waals surface area contributed by atoms with Gasteiger partial charge in [-0.25, -0.2) is 22.9 Å². The number of nitrogens with one attached hydrogen (secondary N) is 2. The maximum atomic E-state index is 13.7. The highest BCUT2D eigenvalue weighted by molar-refractivity contribution is 7.15. The first kappa shape index (κ1) is 25.7. The summed E-state index contributed by atoms with van der Waals surface area (Å²) < 4.78 is 45.6. The number of esters is 1. The first-order chi connectivity index (χ1) is 17.3. The highest BCUT2D eigenvalue weighted by Crippen LogP contribution is 2.40. The molecule has 0 radical (unpaired) electrons. The molecular weight excluding hydrogens is 491 g/mol. The van der Waals surface area contributed by atoms with Gasteiger partial charge in [0.2, 0.25) is 0 Å². The number of hydrogen-bond donors (Lipinski definition) is 2. The Balaban J connectivity index is 1.32. The molecule has 2 aromatic carbocycles. The zero-order valence-corrected chi connectivity index (χ0v) is 20.5. The number of thiazole rings is 1. The number of hydrogen-bond acceptors (Lipinski definition) is 5. The monoisotopic (exact) mass is 517 g/mol. The van der Waals surface area contributed by atoms with Crippen LogP contribution in [-0.4, -0.2) is 23.6 Å². The molecule has 0 saturated heterocycles. The number of carbonyl (C=O) groups excluding carboxylic acids is 2. The van der Waals surface area contributed by atoms with Crippen molar-refractivity contribution in [3.63, 3.8) is 0 Å². The standard InChI is InChI=1S/C26H26F3N3O3S/c1-2-35-23(33)11-15-3-5-17(6-4-15)25-30-14-22(36-25)16-7-9-19(10-8-16)31-26(34)32-24-20(28)12-18(27)13-21(24)29/h7-10,12-15,17H,2-6,11H2,1H3,(H2,31,32,34). The van der Waals surface area contributed by atoms with Crippen molar-refractivity contribution in [2.45, 2.75) is 44.9 Å². The molecule has 0 unspecified atom stereocenters. The second kappa shape index (κ2) is 11.6. The van der Waals surface area contributed by atoms with Gasteiger partial charge < -0.3 is 15.4 Å². The van der Waals surface area contributed by atoms with Crippen molar-refractivity contribution in [1.82, 2.24) is 4.98 Å². The Morgan fingerprint density at radius 1 is 1.03 bits per heavy atom. The van der Waals surface area contributed by atoms with E-state index in [0.29, 0.717) is 42.7 Å². The maximum absolute atomic E-state index is 13.7. The molecule has 2 amide bonds. The van der Waals surface area contributed by atoms with Crippen LogP contribution in [0.2, 0.25) is 0 Å². The van der Waals surface area contributed by atoms with Crippen LogP contribution in [0.4, 0.5) is 29.3 Å². The Bertz CT molecular complexity index is 1200. The van der Waals surface area contributed by atoms with Crippen LogP contribution < -0.4 is 10.6 Å². The molecule has 1 aromatic heterocycles. The van der Waals surface area contributed by atoms with Crippen LogP contribution in [0, 0.1) is 23.4 Å². The van der Waals surface area contributed by atoms with E-state index < -0.39 is 29.2 Å². The second-order valence-corrected chi connectivity index (χ2v) is 9.75. The number of anilines is 2. The van der Waals surface area contributed by atoms with E-state index in [1.165, 1.54) is 0 Å². The van der Waals surface area contributed by atoms with Crippen LogP contribution in [0.25, 0.3) is 10.4 Å². The minimum absolute atomic E-state index is 0.123. The van der Waals surface area contributed by atoms with Crippen molar-refractivity contribution in [2.24, 2.45) is 5.92 Å². The molecule has 10 heteroatoms. The van der Waals surface area contributed by atoms with E-state index in [4.69, 9.17) is 4.74 Å². The van der Waals surface area contributed by atoms with E-state index in [2.05, 4.69) is 15.6 Å². The minimum Gasteiger partial charge on any atom is -0.466 e. The zero-order chi connectivity index (χ0) is 25.7. The fraction of sp³-hybridized carbons (Fsp3) is 0.346. The third-order valence-electron chi connectivity index (χ3n) is 6.15. The molecule has 1 heterocycles. The predicted octanol–water partition coefficient (Wildman–Crippen LogP) is 7.10. The van der Waals surface area contributed by atoms with Crippen LogP contribution in [0.5, 0.6) is 0 Å². The Morgan fingerprint density at radius 3 is 2.33 bits per heavy atom. The van der Waals surface area contributed by atoms with E-state index in [1.54, 1.807) is 23.5 Å². The summed E-state index contributed by atoms with van der Waals surface area (Å²) in [6.45, 7) is 2.23. The Kier molecular flexibility index (Phi) is 8.25. The normalized spacial score (nSPS) is 17.4. The molecule has 3 aromatic rings. The molecule has 0 atom stereocenters. The lowest BCUT2D eigenvalue weighted by atomic mass is 9.81. The largest absolute Gasteiger partial charge is 0.466 e. The van der Waals surface area contributed by atoms with Gasteiger partial charge in [0.25, 0.3) is 0 Å². The van der Waals surface area contributed by atoms with Crippen LogP contribution >= 0.6 is 11.3 Å². The van der Waals surface area contributed by atoms with Gasteiger partial charge in [0, 0.05) is 36.4 Å². The van der Waals surface area contributed by atoms with Gasteiger partial charge in [-0.05, 0) is 56.2 Å². The van der Waals surface area contributed by atoms with Crippen molar-refractivity contribution in [3.8, 4) is 10.4 Å². The average molecular weight is 518 g/mol. The molecule has 1 fully saturated rings. The summed E-state index contributed by atoms with van der Waals surface area (Å²) in [4.78, 5) is 29.5. The number of rotatable bonds is 7. The van der Waals surface area contributed by atoms with Gasteiger partial charge in [0.1, 0.15) is 11.5 Å². The van der Waals surface area contributed by atoms with Crippen molar-refractivity contribution >= 4 is 34.7 Å². The summed E-state index contributed by atoms with van der Waals surface area (Å²) in [5, 5.41) is 5.63. The van der Waals surface area contributed by atoms with Crippen molar-refractivity contribution < 1.29 is 27.5 Å². The summed E-state index contributed by atoms with van der Waals surface area (Å²) >= 11 is 1.63. The fourth-order valence-corrected chi connectivity index (χ4v) is 5.43. The average Bonchev–Trinajstić information content (AvgIpc) is 3.33. The lowest BCUT2D eigenvalue weighted by Gasteiger charge is -2.26. The molecule has 36 heavy (non-hydrogen) atoms. The number of benzene rings is 2. The number of ether oxygens (including phenoxy) is 1. The van der Waals surface area contributed by atoms with Gasteiger partial charge in [0.05, 0.1) is 16.5 Å². The SMILES string of the molecule is CCOC(=O)CC1CCC(c2ncc(-c3ccc(NC(=O)Nc4c(F)cc(F)cc4F)cc3)s2)CC1. The number of nitrogens with zero attached hydrogens (tertiary/aromatic N) is 1. The van der Waals surface area contributed by atoms with Crippen LogP contribution in [0.3, 0.4) is 0 Å². The first-order valence-electron chi connectivity index (χ1n) is 11.8. The lowest BCUT2D eigenvalue weighted by molar-refractivity contribution is -0.144. The van der Waals surface area contributed by atoms with Gasteiger partial charge in [-0.3, -0.25) is 4.79 Å². The molecule has 4 rings (SSSR count). The summed E-state index contributed by atoms with van der Waals surface area (Å²) in [6, 6.07) is 7.12.